The Morgan fingerprint density at radius 1 is 1.04 bits per heavy atom. The van der Waals surface area contributed by atoms with Crippen LogP contribution in [0.4, 0.5) is 5.69 Å². The van der Waals surface area contributed by atoms with Crippen molar-refractivity contribution in [1.82, 2.24) is 0 Å². The quantitative estimate of drug-likeness (QED) is 0.751. The Morgan fingerprint density at radius 2 is 1.76 bits per heavy atom. The normalized spacial score (nSPS) is 11.3. The van der Waals surface area contributed by atoms with Crippen LogP contribution in [0.5, 0.6) is 5.75 Å². The van der Waals surface area contributed by atoms with Crippen LogP contribution in [0.3, 0.4) is 0 Å². The van der Waals surface area contributed by atoms with Gasteiger partial charge in [0.2, 0.25) is 10.0 Å². The number of hydrogen-bond acceptors (Lipinski definition) is 4. The molecule has 0 aliphatic carbocycles. The third-order valence-corrected chi connectivity index (χ3v) is 4.70. The van der Waals surface area contributed by atoms with Gasteiger partial charge in [0.1, 0.15) is 10.6 Å². The number of carbonyl (C=O) groups is 1. The molecule has 7 heteroatoms. The molecule has 0 aliphatic rings. The van der Waals surface area contributed by atoms with Crippen LogP contribution in [0.25, 0.3) is 10.8 Å². The lowest BCUT2D eigenvalue weighted by molar-refractivity contribution is 0.102. The number of anilines is 1. The second-order valence-electron chi connectivity index (χ2n) is 5.39. The number of amides is 1. The van der Waals surface area contributed by atoms with Gasteiger partial charge in [-0.2, -0.15) is 0 Å². The van der Waals surface area contributed by atoms with Crippen molar-refractivity contribution in [1.29, 1.82) is 0 Å². The zero-order valence-corrected chi connectivity index (χ0v) is 14.2. The molecule has 25 heavy (non-hydrogen) atoms. The van der Waals surface area contributed by atoms with Crippen LogP contribution in [0.15, 0.2) is 65.6 Å². The van der Waals surface area contributed by atoms with E-state index in [9.17, 15) is 13.2 Å². The number of benzene rings is 3. The fraction of sp³-hybridized carbons (Fsp3) is 0.0556. The minimum absolute atomic E-state index is 0.0872. The van der Waals surface area contributed by atoms with Gasteiger partial charge in [0, 0.05) is 16.6 Å². The van der Waals surface area contributed by atoms with Crippen LogP contribution in [0.1, 0.15) is 10.4 Å². The van der Waals surface area contributed by atoms with Crippen molar-refractivity contribution >= 4 is 32.4 Å². The molecule has 3 rings (SSSR count). The number of primary sulfonamides is 1. The number of ether oxygens (including phenoxy) is 1. The number of carbonyl (C=O) groups excluding carboxylic acids is 1. The average Bonchev–Trinajstić information content (AvgIpc) is 2.60. The Labute approximate surface area is 145 Å². The Bertz CT molecular complexity index is 1060. The van der Waals surface area contributed by atoms with Gasteiger partial charge in [-0.1, -0.05) is 36.4 Å². The molecule has 0 radical (unpaired) electrons. The maximum absolute atomic E-state index is 12.5. The number of fused-ring (bicyclic) bond motifs is 1. The monoisotopic (exact) mass is 356 g/mol. The molecule has 0 aliphatic heterocycles. The van der Waals surface area contributed by atoms with E-state index in [0.29, 0.717) is 5.69 Å². The van der Waals surface area contributed by atoms with E-state index in [1.165, 1.54) is 25.3 Å². The van der Waals surface area contributed by atoms with Crippen molar-refractivity contribution in [3.63, 3.8) is 0 Å². The van der Waals surface area contributed by atoms with E-state index in [4.69, 9.17) is 9.88 Å². The number of nitrogens with one attached hydrogen (secondary N) is 1. The molecule has 0 aromatic heterocycles. The molecule has 1 amide bonds. The minimum atomic E-state index is -4.01. The van der Waals surface area contributed by atoms with Crippen molar-refractivity contribution in [3.8, 4) is 5.75 Å². The Kier molecular flexibility index (Phi) is 4.43. The molecular weight excluding hydrogens is 340 g/mol. The number of rotatable bonds is 4. The van der Waals surface area contributed by atoms with Gasteiger partial charge in [0.25, 0.3) is 5.91 Å². The maximum atomic E-state index is 12.5. The third kappa shape index (κ3) is 3.47. The second kappa shape index (κ2) is 6.54. The lowest BCUT2D eigenvalue weighted by atomic mass is 10.1. The molecule has 0 saturated carbocycles. The molecule has 0 fully saturated rings. The molecule has 3 aromatic rings. The average molecular weight is 356 g/mol. The molecule has 0 heterocycles. The van der Waals surface area contributed by atoms with E-state index in [0.717, 1.165) is 10.8 Å². The van der Waals surface area contributed by atoms with Crippen molar-refractivity contribution in [2.24, 2.45) is 5.14 Å². The summed E-state index contributed by atoms with van der Waals surface area (Å²) in [6.45, 7) is 0. The summed E-state index contributed by atoms with van der Waals surface area (Å²) in [5, 5.41) is 9.87. The lowest BCUT2D eigenvalue weighted by Crippen LogP contribution is -2.17. The van der Waals surface area contributed by atoms with Gasteiger partial charge in [0.15, 0.2) is 0 Å². The highest BCUT2D eigenvalue weighted by Gasteiger charge is 2.18. The first kappa shape index (κ1) is 16.9. The summed E-state index contributed by atoms with van der Waals surface area (Å²) in [5.41, 5.74) is 0.800. The first-order chi connectivity index (χ1) is 11.9. The Hall–Kier alpha value is -2.90. The molecular formula is C18H16N2O4S. The highest BCUT2D eigenvalue weighted by Crippen LogP contribution is 2.26. The van der Waals surface area contributed by atoms with Gasteiger partial charge in [-0.15, -0.1) is 0 Å². The van der Waals surface area contributed by atoms with Crippen LogP contribution < -0.4 is 15.2 Å². The van der Waals surface area contributed by atoms with Crippen LogP contribution in [-0.4, -0.2) is 21.4 Å². The van der Waals surface area contributed by atoms with Crippen molar-refractivity contribution in [2.75, 3.05) is 12.4 Å². The van der Waals surface area contributed by atoms with Gasteiger partial charge in [0.05, 0.1) is 7.11 Å². The highest BCUT2D eigenvalue weighted by molar-refractivity contribution is 7.89. The van der Waals surface area contributed by atoms with Crippen molar-refractivity contribution < 1.29 is 17.9 Å². The van der Waals surface area contributed by atoms with Gasteiger partial charge < -0.3 is 10.1 Å². The smallest absolute Gasteiger partial charge is 0.255 e. The summed E-state index contributed by atoms with van der Waals surface area (Å²) in [5.74, 6) is -0.354. The molecule has 128 valence electrons. The molecule has 3 aromatic carbocycles. The maximum Gasteiger partial charge on any atom is 0.255 e. The summed E-state index contributed by atoms with van der Waals surface area (Å²) in [7, 11) is -2.68. The van der Waals surface area contributed by atoms with Crippen LogP contribution >= 0.6 is 0 Å². The van der Waals surface area contributed by atoms with Gasteiger partial charge in [-0.3, -0.25) is 4.79 Å². The summed E-state index contributed by atoms with van der Waals surface area (Å²) in [6.07, 6.45) is 0. The van der Waals surface area contributed by atoms with E-state index in [-0.39, 0.29) is 16.2 Å². The Morgan fingerprint density at radius 3 is 2.48 bits per heavy atom. The number of methoxy groups -OCH3 is 1. The molecule has 3 N–H and O–H groups in total. The largest absolute Gasteiger partial charge is 0.495 e. The van der Waals surface area contributed by atoms with Crippen LogP contribution in [0, 0.1) is 0 Å². The molecule has 0 unspecified atom stereocenters. The first-order valence-electron chi connectivity index (χ1n) is 7.40. The van der Waals surface area contributed by atoms with E-state index in [1.54, 1.807) is 6.07 Å². The molecule has 0 spiro atoms. The summed E-state index contributed by atoms with van der Waals surface area (Å²) in [4.78, 5) is 12.3. The van der Waals surface area contributed by atoms with Gasteiger partial charge in [-0.05, 0) is 29.7 Å². The van der Waals surface area contributed by atoms with E-state index >= 15 is 0 Å². The van der Waals surface area contributed by atoms with E-state index in [2.05, 4.69) is 5.32 Å². The van der Waals surface area contributed by atoms with Crippen LogP contribution in [0.2, 0.25) is 0 Å². The standard InChI is InChI=1S/C18H16N2O4S/c1-24-16-10-9-13(11-17(16)25(19,22)23)18(21)20-15-8-4-6-12-5-2-3-7-14(12)15/h2-11H,1H3,(H,20,21)(H2,19,22,23). The molecule has 0 atom stereocenters. The lowest BCUT2D eigenvalue weighted by Gasteiger charge is -2.11. The van der Waals surface area contributed by atoms with Crippen molar-refractivity contribution in [2.45, 2.75) is 4.90 Å². The molecule has 0 bridgehead atoms. The third-order valence-electron chi connectivity index (χ3n) is 3.77. The summed E-state index contributed by atoms with van der Waals surface area (Å²) < 4.78 is 28.4. The zero-order valence-electron chi connectivity index (χ0n) is 13.4. The van der Waals surface area contributed by atoms with Gasteiger partial charge >= 0.3 is 0 Å². The fourth-order valence-electron chi connectivity index (χ4n) is 2.57. The van der Waals surface area contributed by atoms with E-state index in [1.807, 2.05) is 36.4 Å². The predicted molar refractivity (Wildman–Crippen MR) is 96.3 cm³/mol. The topological polar surface area (TPSA) is 98.5 Å². The van der Waals surface area contributed by atoms with E-state index < -0.39 is 15.9 Å². The predicted octanol–water partition coefficient (Wildman–Crippen LogP) is 2.75. The number of hydrogen-bond donors (Lipinski definition) is 2. The number of nitrogens with two attached hydrogens (primary N) is 1. The summed E-state index contributed by atoms with van der Waals surface area (Å²) in [6, 6.07) is 17.3. The SMILES string of the molecule is COc1ccc(C(=O)Nc2cccc3ccccc23)cc1S(N)(=O)=O. The Balaban J connectivity index is 1.99. The number of sulfonamides is 1. The first-order valence-corrected chi connectivity index (χ1v) is 8.95. The highest BCUT2D eigenvalue weighted by atomic mass is 32.2. The summed E-state index contributed by atoms with van der Waals surface area (Å²) >= 11 is 0. The zero-order chi connectivity index (χ0) is 18.0. The minimum Gasteiger partial charge on any atom is -0.495 e. The second-order valence-corrected chi connectivity index (χ2v) is 6.92. The fourth-order valence-corrected chi connectivity index (χ4v) is 3.29. The molecule has 6 nitrogen and oxygen atoms in total. The van der Waals surface area contributed by atoms with Crippen LogP contribution in [-0.2, 0) is 10.0 Å². The van der Waals surface area contributed by atoms with Gasteiger partial charge in [-0.25, -0.2) is 13.6 Å². The molecule has 0 saturated heterocycles. The van der Waals surface area contributed by atoms with Crippen molar-refractivity contribution in [3.05, 3.63) is 66.2 Å².